The predicted octanol–water partition coefficient (Wildman–Crippen LogP) is 22.1. The van der Waals surface area contributed by atoms with E-state index in [2.05, 4.69) is 117 Å². The summed E-state index contributed by atoms with van der Waals surface area (Å²) < 4.78 is 0. The highest BCUT2D eigenvalue weighted by atomic mass is 14.3. The first-order chi connectivity index (χ1) is 32.2. The molecule has 0 N–H and O–H groups in total. The van der Waals surface area contributed by atoms with Crippen LogP contribution in [0.4, 0.5) is 0 Å². The molecule has 0 fully saturated rings. The van der Waals surface area contributed by atoms with Crippen molar-refractivity contribution in [3.63, 3.8) is 0 Å². The molecule has 0 saturated carbocycles. The van der Waals surface area contributed by atoms with Gasteiger partial charge in [-0.25, -0.2) is 0 Å². The van der Waals surface area contributed by atoms with Crippen LogP contribution in [0.15, 0.2) is 49.1 Å². The molecule has 0 aromatic heterocycles. The van der Waals surface area contributed by atoms with Crippen molar-refractivity contribution < 1.29 is 0 Å². The molecular weight excluding hydrogens is 799 g/mol. The van der Waals surface area contributed by atoms with Crippen molar-refractivity contribution in [3.8, 4) is 18.2 Å². The van der Waals surface area contributed by atoms with Gasteiger partial charge < -0.3 is 0 Å². The number of hydrogen-bond acceptors (Lipinski definition) is 3. The number of rotatable bonds is 45. The van der Waals surface area contributed by atoms with Gasteiger partial charge in [0.1, 0.15) is 0 Å². The highest BCUT2D eigenvalue weighted by Gasteiger charge is 2.08. The van der Waals surface area contributed by atoms with Crippen molar-refractivity contribution in [2.24, 2.45) is 35.5 Å². The summed E-state index contributed by atoms with van der Waals surface area (Å²) in [6, 6.07) is 7.43. The lowest BCUT2D eigenvalue weighted by molar-refractivity contribution is 0.459. The van der Waals surface area contributed by atoms with Crippen molar-refractivity contribution in [2.75, 3.05) is 0 Å². The first-order valence-electron chi connectivity index (χ1n) is 29.0. The van der Waals surface area contributed by atoms with Gasteiger partial charge in [-0.1, -0.05) is 265 Å². The lowest BCUT2D eigenvalue weighted by Gasteiger charge is -2.09. The van der Waals surface area contributed by atoms with E-state index in [4.69, 9.17) is 5.26 Å². The van der Waals surface area contributed by atoms with E-state index >= 15 is 0 Å². The van der Waals surface area contributed by atoms with Crippen LogP contribution in [0.3, 0.4) is 0 Å². The maximum Gasteiger partial charge on any atom is 0.0659 e. The fraction of sp³-hybridized carbons (Fsp3) is 0.825. The number of allylic oxidation sites excluding steroid dienone is 7. The Kier molecular flexibility index (Phi) is 60.1. The van der Waals surface area contributed by atoms with E-state index < -0.39 is 0 Å². The SMILES string of the molecule is C=CC(C)CC/C=C/CC/C=C/CC(C#N)CC/C=C/CC.CCCCCCC(C#N)CCCCCCCCCC(C)CC.CCCCCCC(C#N)CCCCCCCCCC(C)CC. The quantitative estimate of drug-likeness (QED) is 0.0451. The van der Waals surface area contributed by atoms with Gasteiger partial charge in [0.05, 0.1) is 24.1 Å². The van der Waals surface area contributed by atoms with Gasteiger partial charge in [0.25, 0.3) is 0 Å². The van der Waals surface area contributed by atoms with Crippen molar-refractivity contribution in [2.45, 2.75) is 299 Å². The van der Waals surface area contributed by atoms with E-state index in [1.807, 2.05) is 6.08 Å². The third-order valence-electron chi connectivity index (χ3n) is 13.8. The van der Waals surface area contributed by atoms with Crippen LogP contribution in [0, 0.1) is 69.5 Å². The summed E-state index contributed by atoms with van der Waals surface area (Å²) in [5.41, 5.74) is 0. The number of unbranched alkanes of at least 4 members (excludes halogenated alkanes) is 19. The standard InChI is InChI=1S/2C21H41N.C21H33N/c3*1-4-6-7-14-17-21(19-22)18-15-12-10-8-9-11-13-16-20(3)5-2/h2*20-21H,4-18H2,1-3H3;5-7,9,11-12,15,20-21H,2,4,8,10,13-14,16-18H2,1,3H3/b;;7-6+,11-9+,15-12+. The summed E-state index contributed by atoms with van der Waals surface area (Å²) in [5.74, 6) is 3.26. The minimum atomic E-state index is 0.161. The van der Waals surface area contributed by atoms with Crippen molar-refractivity contribution >= 4 is 0 Å². The number of nitrogens with zero attached hydrogens (tertiary/aromatic N) is 3. The number of hydrogen-bond donors (Lipinski definition) is 0. The van der Waals surface area contributed by atoms with Crippen LogP contribution in [0.25, 0.3) is 0 Å². The largest absolute Gasteiger partial charge is 0.198 e. The lowest BCUT2D eigenvalue weighted by Crippen LogP contribution is -1.97. The van der Waals surface area contributed by atoms with Crippen LogP contribution in [-0.2, 0) is 0 Å². The van der Waals surface area contributed by atoms with Crippen molar-refractivity contribution in [1.82, 2.24) is 0 Å². The lowest BCUT2D eigenvalue weighted by atomic mass is 9.95. The molecule has 0 aliphatic rings. The van der Waals surface area contributed by atoms with Gasteiger partial charge in [-0.15, -0.1) is 6.58 Å². The highest BCUT2D eigenvalue weighted by molar-refractivity contribution is 4.95. The van der Waals surface area contributed by atoms with Gasteiger partial charge in [0.15, 0.2) is 0 Å². The molecular formula is C63H115N3. The Bertz CT molecular complexity index is 1120. The van der Waals surface area contributed by atoms with Crippen molar-refractivity contribution in [1.29, 1.82) is 15.8 Å². The summed E-state index contributed by atoms with van der Waals surface area (Å²) in [6.45, 7) is 21.9. The maximum absolute atomic E-state index is 9.20. The third kappa shape index (κ3) is 55.8. The summed E-state index contributed by atoms with van der Waals surface area (Å²) in [5, 5.41) is 27.5. The topological polar surface area (TPSA) is 71.4 Å². The monoisotopic (exact) mass is 914 g/mol. The molecule has 0 spiro atoms. The average Bonchev–Trinajstić information content (AvgIpc) is 3.34. The van der Waals surface area contributed by atoms with Gasteiger partial charge in [-0.2, -0.15) is 15.8 Å². The molecule has 0 radical (unpaired) electrons. The zero-order valence-electron chi connectivity index (χ0n) is 45.9. The van der Waals surface area contributed by atoms with E-state index in [0.717, 1.165) is 82.5 Å². The molecule has 0 aliphatic heterocycles. The van der Waals surface area contributed by atoms with Gasteiger partial charge in [-0.3, -0.25) is 0 Å². The van der Waals surface area contributed by atoms with Crippen LogP contribution in [0.1, 0.15) is 299 Å². The minimum Gasteiger partial charge on any atom is -0.198 e. The van der Waals surface area contributed by atoms with Gasteiger partial charge >= 0.3 is 0 Å². The Morgan fingerprint density at radius 3 is 1.06 bits per heavy atom. The second kappa shape index (κ2) is 58.6. The normalized spacial score (nSPS) is 14.0. The molecule has 6 unspecified atom stereocenters. The molecule has 66 heavy (non-hydrogen) atoms. The van der Waals surface area contributed by atoms with E-state index in [1.165, 1.54) is 173 Å². The van der Waals surface area contributed by atoms with Gasteiger partial charge in [0, 0.05) is 11.8 Å². The van der Waals surface area contributed by atoms with Crippen LogP contribution in [0.2, 0.25) is 0 Å². The van der Waals surface area contributed by atoms with E-state index in [9.17, 15) is 10.5 Å². The Morgan fingerprint density at radius 2 is 0.697 bits per heavy atom. The average molecular weight is 915 g/mol. The molecule has 0 bridgehead atoms. The van der Waals surface area contributed by atoms with E-state index in [-0.39, 0.29) is 5.92 Å². The smallest absolute Gasteiger partial charge is 0.0659 e. The first-order valence-corrected chi connectivity index (χ1v) is 29.0. The second-order valence-corrected chi connectivity index (χ2v) is 20.3. The Labute approximate surface area is 416 Å². The summed E-state index contributed by atoms with van der Waals surface area (Å²) in [7, 11) is 0. The molecule has 382 valence electrons. The molecule has 0 amide bonds. The number of nitriles is 3. The molecule has 0 heterocycles. The zero-order valence-corrected chi connectivity index (χ0v) is 45.9. The van der Waals surface area contributed by atoms with Gasteiger partial charge in [0.2, 0.25) is 0 Å². The molecule has 6 atom stereocenters. The maximum atomic E-state index is 9.20. The molecule has 0 aromatic rings. The summed E-state index contributed by atoms with van der Waals surface area (Å²) in [6.07, 6.45) is 63.3. The predicted molar refractivity (Wildman–Crippen MR) is 296 cm³/mol. The molecule has 0 saturated heterocycles. The summed E-state index contributed by atoms with van der Waals surface area (Å²) in [4.78, 5) is 0. The highest BCUT2D eigenvalue weighted by Crippen LogP contribution is 2.21. The van der Waals surface area contributed by atoms with Crippen LogP contribution in [-0.4, -0.2) is 0 Å². The summed E-state index contributed by atoms with van der Waals surface area (Å²) >= 11 is 0. The molecule has 3 nitrogen and oxygen atoms in total. The molecule has 0 aliphatic carbocycles. The Morgan fingerprint density at radius 1 is 0.364 bits per heavy atom. The fourth-order valence-corrected chi connectivity index (χ4v) is 8.23. The van der Waals surface area contributed by atoms with E-state index in [0.29, 0.717) is 17.8 Å². The van der Waals surface area contributed by atoms with E-state index in [1.54, 1.807) is 0 Å². The van der Waals surface area contributed by atoms with Crippen molar-refractivity contribution in [3.05, 3.63) is 49.1 Å². The Hall–Kier alpha value is -2.57. The molecule has 0 rings (SSSR count). The fourth-order valence-electron chi connectivity index (χ4n) is 8.23. The Balaban J connectivity index is -0.000000902. The minimum absolute atomic E-state index is 0.161. The molecule has 0 aromatic carbocycles. The molecule has 3 heteroatoms. The second-order valence-electron chi connectivity index (χ2n) is 20.3. The van der Waals surface area contributed by atoms with Crippen LogP contribution >= 0.6 is 0 Å². The van der Waals surface area contributed by atoms with Crippen LogP contribution < -0.4 is 0 Å². The first kappa shape index (κ1) is 67.7. The zero-order chi connectivity index (χ0) is 49.4. The van der Waals surface area contributed by atoms with Gasteiger partial charge in [-0.05, 0) is 94.8 Å². The third-order valence-corrected chi connectivity index (χ3v) is 13.8. The van der Waals surface area contributed by atoms with Crippen LogP contribution in [0.5, 0.6) is 0 Å².